The first kappa shape index (κ1) is 11.3. The number of aromatic amines is 1. The molecule has 0 spiro atoms. The molecule has 2 heterocycles. The van der Waals surface area contributed by atoms with Crippen molar-refractivity contribution in [2.75, 3.05) is 0 Å². The van der Waals surface area contributed by atoms with Gasteiger partial charge in [-0.3, -0.25) is 9.78 Å². The highest BCUT2D eigenvalue weighted by Crippen LogP contribution is 2.07. The molecular formula is C12H14N4O. The van der Waals surface area contributed by atoms with Crippen molar-refractivity contribution < 1.29 is 4.79 Å². The summed E-state index contributed by atoms with van der Waals surface area (Å²) in [4.78, 5) is 23.0. The van der Waals surface area contributed by atoms with E-state index < -0.39 is 0 Å². The number of aryl methyl sites for hydroxylation is 1. The Morgan fingerprint density at radius 1 is 1.41 bits per heavy atom. The van der Waals surface area contributed by atoms with Crippen LogP contribution in [0.2, 0.25) is 0 Å². The minimum absolute atomic E-state index is 0.151. The van der Waals surface area contributed by atoms with E-state index in [2.05, 4.69) is 20.3 Å². The Morgan fingerprint density at radius 3 is 2.82 bits per heavy atom. The standard InChI is InChI=1S/C12H14N4O/c1-8-3-4-10(7-15-8)12(17)16-9(2)11-13-5-6-14-11/h3-7,9H,1-2H3,(H,13,14)(H,16,17). The van der Waals surface area contributed by atoms with Crippen LogP contribution in [0.3, 0.4) is 0 Å². The number of rotatable bonds is 3. The molecule has 88 valence electrons. The van der Waals surface area contributed by atoms with Crippen LogP contribution in [0.5, 0.6) is 0 Å². The van der Waals surface area contributed by atoms with Gasteiger partial charge in [0, 0.05) is 24.3 Å². The van der Waals surface area contributed by atoms with Crippen molar-refractivity contribution in [2.24, 2.45) is 0 Å². The first-order chi connectivity index (χ1) is 8.16. The van der Waals surface area contributed by atoms with Gasteiger partial charge in [-0.05, 0) is 26.0 Å². The molecule has 0 aromatic carbocycles. The van der Waals surface area contributed by atoms with E-state index in [0.717, 1.165) is 11.5 Å². The van der Waals surface area contributed by atoms with Crippen LogP contribution in [0.25, 0.3) is 0 Å². The number of H-pyrrole nitrogens is 1. The summed E-state index contributed by atoms with van der Waals surface area (Å²) in [6.07, 6.45) is 4.95. The van der Waals surface area contributed by atoms with Crippen LogP contribution < -0.4 is 5.32 Å². The van der Waals surface area contributed by atoms with Crippen molar-refractivity contribution >= 4 is 5.91 Å². The molecule has 1 amide bonds. The van der Waals surface area contributed by atoms with Crippen LogP contribution in [0.1, 0.15) is 34.8 Å². The number of hydrogen-bond acceptors (Lipinski definition) is 3. The SMILES string of the molecule is Cc1ccc(C(=O)NC(C)c2ncc[nH]2)cn1. The molecule has 2 N–H and O–H groups in total. The number of pyridine rings is 1. The second-order valence-electron chi connectivity index (χ2n) is 3.86. The molecule has 0 aliphatic rings. The molecule has 17 heavy (non-hydrogen) atoms. The number of nitrogens with zero attached hydrogens (tertiary/aromatic N) is 2. The van der Waals surface area contributed by atoms with E-state index in [0.29, 0.717) is 5.56 Å². The topological polar surface area (TPSA) is 70.7 Å². The van der Waals surface area contributed by atoms with Crippen molar-refractivity contribution in [1.82, 2.24) is 20.3 Å². The van der Waals surface area contributed by atoms with E-state index in [1.165, 1.54) is 0 Å². The number of imidazole rings is 1. The summed E-state index contributed by atoms with van der Waals surface area (Å²) in [7, 11) is 0. The van der Waals surface area contributed by atoms with Crippen molar-refractivity contribution in [1.29, 1.82) is 0 Å². The van der Waals surface area contributed by atoms with Gasteiger partial charge in [0.25, 0.3) is 5.91 Å². The summed E-state index contributed by atoms with van der Waals surface area (Å²) in [5.74, 6) is 0.583. The molecule has 0 bridgehead atoms. The van der Waals surface area contributed by atoms with Gasteiger partial charge in [0.2, 0.25) is 0 Å². The molecule has 0 saturated heterocycles. The average Bonchev–Trinajstić information content (AvgIpc) is 2.83. The average molecular weight is 230 g/mol. The maximum atomic E-state index is 11.9. The van der Waals surface area contributed by atoms with Crippen LogP contribution in [0.15, 0.2) is 30.7 Å². The maximum absolute atomic E-state index is 11.9. The first-order valence-electron chi connectivity index (χ1n) is 5.39. The van der Waals surface area contributed by atoms with E-state index in [9.17, 15) is 4.79 Å². The molecular weight excluding hydrogens is 216 g/mol. The Labute approximate surface area is 99.3 Å². The normalized spacial score (nSPS) is 12.1. The highest BCUT2D eigenvalue weighted by molar-refractivity contribution is 5.94. The quantitative estimate of drug-likeness (QED) is 0.841. The molecule has 1 unspecified atom stereocenters. The van der Waals surface area contributed by atoms with Crippen molar-refractivity contribution in [2.45, 2.75) is 19.9 Å². The third-order valence-corrected chi connectivity index (χ3v) is 2.45. The molecule has 2 aromatic heterocycles. The number of carbonyl (C=O) groups excluding carboxylic acids is 1. The molecule has 0 saturated carbocycles. The summed E-state index contributed by atoms with van der Waals surface area (Å²) in [6, 6.07) is 3.41. The van der Waals surface area contributed by atoms with Crippen molar-refractivity contribution in [3.8, 4) is 0 Å². The van der Waals surface area contributed by atoms with E-state index in [1.807, 2.05) is 19.9 Å². The summed E-state index contributed by atoms with van der Waals surface area (Å²) in [5, 5.41) is 2.85. The largest absolute Gasteiger partial charge is 0.347 e. The molecule has 0 aliphatic heterocycles. The zero-order chi connectivity index (χ0) is 12.3. The fourth-order valence-electron chi connectivity index (χ4n) is 1.46. The molecule has 5 nitrogen and oxygen atoms in total. The van der Waals surface area contributed by atoms with E-state index in [4.69, 9.17) is 0 Å². The lowest BCUT2D eigenvalue weighted by Crippen LogP contribution is -2.27. The van der Waals surface area contributed by atoms with Gasteiger partial charge >= 0.3 is 0 Å². The van der Waals surface area contributed by atoms with E-state index in [-0.39, 0.29) is 11.9 Å². The summed E-state index contributed by atoms with van der Waals surface area (Å²) >= 11 is 0. The Balaban J connectivity index is 2.04. The van der Waals surface area contributed by atoms with E-state index in [1.54, 1.807) is 24.7 Å². The monoisotopic (exact) mass is 230 g/mol. The molecule has 2 rings (SSSR count). The van der Waals surface area contributed by atoms with Crippen LogP contribution in [-0.2, 0) is 0 Å². The zero-order valence-electron chi connectivity index (χ0n) is 9.77. The summed E-state index contributed by atoms with van der Waals surface area (Å²) in [6.45, 7) is 3.76. The molecule has 0 fully saturated rings. The number of hydrogen-bond donors (Lipinski definition) is 2. The molecule has 1 atom stereocenters. The lowest BCUT2D eigenvalue weighted by atomic mass is 10.2. The van der Waals surface area contributed by atoms with Gasteiger partial charge in [-0.25, -0.2) is 4.98 Å². The van der Waals surface area contributed by atoms with Gasteiger partial charge in [0.05, 0.1) is 11.6 Å². The Bertz CT molecular complexity index is 490. The molecule has 0 aliphatic carbocycles. The second-order valence-corrected chi connectivity index (χ2v) is 3.86. The molecule has 5 heteroatoms. The third-order valence-electron chi connectivity index (χ3n) is 2.45. The number of aromatic nitrogens is 3. The first-order valence-corrected chi connectivity index (χ1v) is 5.39. The second kappa shape index (κ2) is 4.78. The number of carbonyl (C=O) groups is 1. The fraction of sp³-hybridized carbons (Fsp3) is 0.250. The minimum Gasteiger partial charge on any atom is -0.347 e. The van der Waals surface area contributed by atoms with Gasteiger partial charge in [-0.15, -0.1) is 0 Å². The lowest BCUT2D eigenvalue weighted by Gasteiger charge is -2.11. The summed E-state index contributed by atoms with van der Waals surface area (Å²) < 4.78 is 0. The van der Waals surface area contributed by atoms with E-state index >= 15 is 0 Å². The highest BCUT2D eigenvalue weighted by Gasteiger charge is 2.12. The zero-order valence-corrected chi connectivity index (χ0v) is 9.77. The van der Waals surface area contributed by atoms with Gasteiger partial charge in [-0.2, -0.15) is 0 Å². The van der Waals surface area contributed by atoms with Crippen LogP contribution in [-0.4, -0.2) is 20.9 Å². The predicted octanol–water partition coefficient (Wildman–Crippen LogP) is 1.60. The van der Waals surface area contributed by atoms with Gasteiger partial charge < -0.3 is 10.3 Å². The smallest absolute Gasteiger partial charge is 0.253 e. The third kappa shape index (κ3) is 2.69. The van der Waals surface area contributed by atoms with Crippen LogP contribution >= 0.6 is 0 Å². The van der Waals surface area contributed by atoms with Crippen molar-refractivity contribution in [3.05, 3.63) is 47.8 Å². The Morgan fingerprint density at radius 2 is 2.24 bits per heavy atom. The molecule has 0 radical (unpaired) electrons. The molecule has 2 aromatic rings. The van der Waals surface area contributed by atoms with Gasteiger partial charge in [-0.1, -0.05) is 0 Å². The fourth-order valence-corrected chi connectivity index (χ4v) is 1.46. The Hall–Kier alpha value is -2.17. The van der Waals surface area contributed by atoms with Crippen LogP contribution in [0.4, 0.5) is 0 Å². The summed E-state index contributed by atoms with van der Waals surface area (Å²) in [5.41, 5.74) is 1.44. The lowest BCUT2D eigenvalue weighted by molar-refractivity contribution is 0.0938. The Kier molecular flexibility index (Phi) is 3.18. The van der Waals surface area contributed by atoms with Crippen molar-refractivity contribution in [3.63, 3.8) is 0 Å². The predicted molar refractivity (Wildman–Crippen MR) is 63.4 cm³/mol. The minimum atomic E-state index is -0.154. The van der Waals surface area contributed by atoms with Gasteiger partial charge in [0.1, 0.15) is 5.82 Å². The van der Waals surface area contributed by atoms with Crippen LogP contribution in [0, 0.1) is 6.92 Å². The highest BCUT2D eigenvalue weighted by atomic mass is 16.1. The number of amides is 1. The van der Waals surface area contributed by atoms with Gasteiger partial charge in [0.15, 0.2) is 0 Å². The maximum Gasteiger partial charge on any atom is 0.253 e. The number of nitrogens with one attached hydrogen (secondary N) is 2.